The Morgan fingerprint density at radius 3 is 3.11 bits per heavy atom. The molecule has 3 rings (SSSR count). The van der Waals surface area contributed by atoms with Crippen molar-refractivity contribution in [2.75, 3.05) is 16.8 Å². The van der Waals surface area contributed by atoms with Crippen molar-refractivity contribution < 1.29 is 0 Å². The zero-order valence-electron chi connectivity index (χ0n) is 10.3. The van der Waals surface area contributed by atoms with Crippen LogP contribution in [0.15, 0.2) is 24.5 Å². The van der Waals surface area contributed by atoms with E-state index < -0.39 is 0 Å². The maximum absolute atomic E-state index is 4.70. The van der Waals surface area contributed by atoms with E-state index >= 15 is 0 Å². The number of hydrogen-bond acceptors (Lipinski definition) is 3. The molecule has 1 unspecified atom stereocenters. The van der Waals surface area contributed by atoms with Crippen LogP contribution in [0.25, 0.3) is 5.65 Å². The summed E-state index contributed by atoms with van der Waals surface area (Å²) in [7, 11) is 0. The first-order chi connectivity index (χ1) is 8.88. The van der Waals surface area contributed by atoms with Gasteiger partial charge in [-0.15, -0.1) is 0 Å². The highest BCUT2D eigenvalue weighted by Crippen LogP contribution is 2.24. The summed E-state index contributed by atoms with van der Waals surface area (Å²) in [6, 6.07) is 4.58. The van der Waals surface area contributed by atoms with Crippen LogP contribution in [0.2, 0.25) is 0 Å². The molecule has 1 atom stereocenters. The van der Waals surface area contributed by atoms with E-state index in [1.807, 2.05) is 16.8 Å². The summed E-state index contributed by atoms with van der Waals surface area (Å²) < 4.78 is 1.81. The Morgan fingerprint density at radius 1 is 1.28 bits per heavy atom. The van der Waals surface area contributed by atoms with Crippen molar-refractivity contribution in [3.63, 3.8) is 0 Å². The molecule has 0 amide bonds. The molecule has 2 aromatic heterocycles. The summed E-state index contributed by atoms with van der Waals surface area (Å²) in [5, 5.41) is 5.20. The molecule has 2 aromatic rings. The van der Waals surface area contributed by atoms with Gasteiger partial charge in [0.15, 0.2) is 5.65 Å². The summed E-state index contributed by atoms with van der Waals surface area (Å²) in [5.74, 6) is 1.08. The van der Waals surface area contributed by atoms with E-state index in [-0.39, 0.29) is 0 Å². The summed E-state index contributed by atoms with van der Waals surface area (Å²) >= 11 is 3.64. The maximum atomic E-state index is 4.70. The summed E-state index contributed by atoms with van der Waals surface area (Å²) in [6.07, 6.45) is 8.94. The first-order valence-corrected chi connectivity index (χ1v) is 7.63. The molecule has 0 N–H and O–H groups in total. The van der Waals surface area contributed by atoms with E-state index in [0.717, 1.165) is 23.3 Å². The molecule has 5 heteroatoms. The lowest BCUT2D eigenvalue weighted by atomic mass is 10.1. The highest BCUT2D eigenvalue weighted by molar-refractivity contribution is 9.09. The molecule has 1 aliphatic rings. The van der Waals surface area contributed by atoms with Crippen LogP contribution in [0.1, 0.15) is 25.7 Å². The van der Waals surface area contributed by atoms with Crippen LogP contribution < -0.4 is 4.90 Å². The lowest BCUT2D eigenvalue weighted by Gasteiger charge is -2.29. The monoisotopic (exact) mass is 308 g/mol. The van der Waals surface area contributed by atoms with Gasteiger partial charge in [-0.3, -0.25) is 0 Å². The highest BCUT2D eigenvalue weighted by Gasteiger charge is 2.21. The zero-order chi connectivity index (χ0) is 12.4. The fourth-order valence-electron chi connectivity index (χ4n) is 2.60. The van der Waals surface area contributed by atoms with Gasteiger partial charge in [0.05, 0.1) is 6.20 Å². The molecule has 1 saturated heterocycles. The van der Waals surface area contributed by atoms with Crippen molar-refractivity contribution in [1.29, 1.82) is 0 Å². The Labute approximate surface area is 115 Å². The van der Waals surface area contributed by atoms with Crippen molar-refractivity contribution in [2.24, 2.45) is 0 Å². The molecular weight excluding hydrogens is 292 g/mol. The molecule has 0 spiro atoms. The number of hydrogen-bond donors (Lipinski definition) is 0. The number of alkyl halides is 1. The van der Waals surface area contributed by atoms with Gasteiger partial charge in [0.1, 0.15) is 5.82 Å². The van der Waals surface area contributed by atoms with E-state index in [0.29, 0.717) is 6.04 Å². The fourth-order valence-corrected chi connectivity index (χ4v) is 3.28. The van der Waals surface area contributed by atoms with E-state index in [2.05, 4.69) is 32.0 Å². The summed E-state index contributed by atoms with van der Waals surface area (Å²) in [6.45, 7) is 1.10. The maximum Gasteiger partial charge on any atom is 0.157 e. The molecule has 18 heavy (non-hydrogen) atoms. The minimum Gasteiger partial charge on any atom is -0.353 e. The summed E-state index contributed by atoms with van der Waals surface area (Å²) in [4.78, 5) is 7.14. The smallest absolute Gasteiger partial charge is 0.157 e. The van der Waals surface area contributed by atoms with E-state index in [1.54, 1.807) is 6.20 Å². The molecule has 0 bridgehead atoms. The lowest BCUT2D eigenvalue weighted by molar-refractivity contribution is 0.621. The van der Waals surface area contributed by atoms with Gasteiger partial charge in [0, 0.05) is 30.2 Å². The van der Waals surface area contributed by atoms with Crippen LogP contribution >= 0.6 is 15.9 Å². The van der Waals surface area contributed by atoms with Crippen LogP contribution in [0.3, 0.4) is 0 Å². The van der Waals surface area contributed by atoms with Gasteiger partial charge in [0.2, 0.25) is 0 Å². The van der Waals surface area contributed by atoms with E-state index in [1.165, 1.54) is 25.7 Å². The predicted octanol–water partition coefficient (Wildman–Crippen LogP) is 2.87. The average molecular weight is 309 g/mol. The molecule has 0 saturated carbocycles. The minimum atomic E-state index is 0.561. The number of fused-ring (bicyclic) bond motifs is 1. The van der Waals surface area contributed by atoms with Crippen LogP contribution in [0.5, 0.6) is 0 Å². The first-order valence-electron chi connectivity index (χ1n) is 6.51. The molecule has 0 radical (unpaired) electrons. The second kappa shape index (κ2) is 5.26. The highest BCUT2D eigenvalue weighted by atomic mass is 79.9. The number of halogens is 1. The Bertz CT molecular complexity index is 524. The van der Waals surface area contributed by atoms with Crippen molar-refractivity contribution >= 4 is 27.4 Å². The minimum absolute atomic E-state index is 0.561. The third-order valence-corrected chi connectivity index (χ3v) is 4.34. The van der Waals surface area contributed by atoms with Gasteiger partial charge in [-0.2, -0.15) is 5.10 Å². The Kier molecular flexibility index (Phi) is 3.50. The fraction of sp³-hybridized carbons (Fsp3) is 0.538. The first kappa shape index (κ1) is 12.0. The van der Waals surface area contributed by atoms with Crippen molar-refractivity contribution in [2.45, 2.75) is 31.7 Å². The molecule has 0 aromatic carbocycles. The molecule has 1 aliphatic heterocycles. The second-order valence-electron chi connectivity index (χ2n) is 4.77. The third-order valence-electron chi connectivity index (χ3n) is 3.59. The number of rotatable bonds is 2. The normalized spacial score (nSPS) is 21.2. The van der Waals surface area contributed by atoms with Gasteiger partial charge in [-0.05, 0) is 18.9 Å². The van der Waals surface area contributed by atoms with E-state index in [4.69, 9.17) is 4.98 Å². The standard InChI is InChI=1S/C13H17BrN4/c14-10-11-4-2-1-3-8-17(11)12-6-9-18-13(16-12)5-7-15-18/h5-7,9,11H,1-4,8,10H2. The van der Waals surface area contributed by atoms with Crippen molar-refractivity contribution in [3.8, 4) is 0 Å². The van der Waals surface area contributed by atoms with Gasteiger partial charge in [0.25, 0.3) is 0 Å². The quantitative estimate of drug-likeness (QED) is 0.800. The van der Waals surface area contributed by atoms with Crippen LogP contribution in [-0.2, 0) is 0 Å². The number of nitrogens with zero attached hydrogens (tertiary/aromatic N) is 4. The largest absolute Gasteiger partial charge is 0.353 e. The SMILES string of the molecule is BrCC1CCCCCN1c1ccn2nccc2n1. The van der Waals surface area contributed by atoms with Crippen molar-refractivity contribution in [3.05, 3.63) is 24.5 Å². The topological polar surface area (TPSA) is 33.4 Å². The molecule has 1 fully saturated rings. The van der Waals surface area contributed by atoms with Crippen LogP contribution in [-0.4, -0.2) is 32.5 Å². The van der Waals surface area contributed by atoms with Gasteiger partial charge in [-0.1, -0.05) is 28.8 Å². The van der Waals surface area contributed by atoms with Crippen molar-refractivity contribution in [1.82, 2.24) is 14.6 Å². The molecule has 4 nitrogen and oxygen atoms in total. The van der Waals surface area contributed by atoms with Gasteiger partial charge >= 0.3 is 0 Å². The zero-order valence-corrected chi connectivity index (χ0v) is 11.9. The summed E-state index contributed by atoms with van der Waals surface area (Å²) in [5.41, 5.74) is 0.921. The van der Waals surface area contributed by atoms with Crippen LogP contribution in [0, 0.1) is 0 Å². The number of anilines is 1. The molecule has 3 heterocycles. The van der Waals surface area contributed by atoms with E-state index in [9.17, 15) is 0 Å². The Balaban J connectivity index is 1.94. The third kappa shape index (κ3) is 2.23. The van der Waals surface area contributed by atoms with Gasteiger partial charge < -0.3 is 4.90 Å². The average Bonchev–Trinajstić information content (AvgIpc) is 2.74. The molecule has 0 aliphatic carbocycles. The molecular formula is C13H17BrN4. The lowest BCUT2D eigenvalue weighted by Crippen LogP contribution is -2.36. The predicted molar refractivity (Wildman–Crippen MR) is 76.4 cm³/mol. The second-order valence-corrected chi connectivity index (χ2v) is 5.42. The number of aromatic nitrogens is 3. The Morgan fingerprint density at radius 2 is 2.22 bits per heavy atom. The molecule has 96 valence electrons. The van der Waals surface area contributed by atoms with Crippen LogP contribution in [0.4, 0.5) is 5.82 Å². The Hall–Kier alpha value is -1.10. The van der Waals surface area contributed by atoms with Gasteiger partial charge in [-0.25, -0.2) is 9.50 Å².